The van der Waals surface area contributed by atoms with Gasteiger partial charge in [0.2, 0.25) is 0 Å². The zero-order chi connectivity index (χ0) is 16.8. The van der Waals surface area contributed by atoms with Crippen LogP contribution in [0.1, 0.15) is 23.6 Å². The fourth-order valence-electron chi connectivity index (χ4n) is 2.22. The number of aryl methyl sites for hydroxylation is 3. The third kappa shape index (κ3) is 5.02. The molecule has 4 nitrogen and oxygen atoms in total. The summed E-state index contributed by atoms with van der Waals surface area (Å²) in [6.45, 7) is 8.26. The molecule has 0 aliphatic carbocycles. The van der Waals surface area contributed by atoms with Gasteiger partial charge in [0, 0.05) is 0 Å². The fraction of sp³-hybridized carbons (Fsp3) is 0.316. The fourth-order valence-corrected chi connectivity index (χ4v) is 2.22. The van der Waals surface area contributed by atoms with Gasteiger partial charge in [-0.25, -0.2) is 4.79 Å². The Hall–Kier alpha value is -2.49. The average molecular weight is 313 g/mol. The van der Waals surface area contributed by atoms with E-state index < -0.39 is 6.09 Å². The quantitative estimate of drug-likeness (QED) is 0.901. The standard InChI is InChI=1S/C19H23NO3/c1-13-8-10-17(11-9-13)23-19(21)20-16(4)12-22-18-14(2)6-5-7-15(18)3/h5-11,16H,12H2,1-4H3,(H,20,21). The van der Waals surface area contributed by atoms with E-state index in [0.29, 0.717) is 12.4 Å². The van der Waals surface area contributed by atoms with Crippen LogP contribution in [-0.4, -0.2) is 18.7 Å². The highest BCUT2D eigenvalue weighted by Gasteiger charge is 2.11. The number of benzene rings is 2. The molecule has 0 aliphatic heterocycles. The molecule has 0 saturated carbocycles. The minimum absolute atomic E-state index is 0.160. The van der Waals surface area contributed by atoms with Gasteiger partial charge in [-0.05, 0) is 51.0 Å². The highest BCUT2D eigenvalue weighted by molar-refractivity contribution is 5.70. The van der Waals surface area contributed by atoms with Gasteiger partial charge in [-0.3, -0.25) is 0 Å². The molecule has 0 aromatic heterocycles. The first-order chi connectivity index (χ1) is 11.0. The first kappa shape index (κ1) is 16.9. The first-order valence-electron chi connectivity index (χ1n) is 7.69. The summed E-state index contributed by atoms with van der Waals surface area (Å²) in [7, 11) is 0. The monoisotopic (exact) mass is 313 g/mol. The molecule has 0 heterocycles. The van der Waals surface area contributed by atoms with Gasteiger partial charge in [0.1, 0.15) is 18.1 Å². The van der Waals surface area contributed by atoms with Gasteiger partial charge < -0.3 is 14.8 Å². The Morgan fingerprint density at radius 3 is 2.26 bits per heavy atom. The van der Waals surface area contributed by atoms with Crippen molar-refractivity contribution in [1.29, 1.82) is 0 Å². The number of para-hydroxylation sites is 1. The van der Waals surface area contributed by atoms with Crippen LogP contribution in [-0.2, 0) is 0 Å². The van der Waals surface area contributed by atoms with Crippen molar-refractivity contribution >= 4 is 6.09 Å². The van der Waals surface area contributed by atoms with E-state index in [1.54, 1.807) is 12.1 Å². The molecule has 1 unspecified atom stereocenters. The summed E-state index contributed by atoms with van der Waals surface area (Å²) < 4.78 is 11.1. The molecule has 0 aliphatic rings. The van der Waals surface area contributed by atoms with E-state index in [0.717, 1.165) is 22.4 Å². The molecule has 23 heavy (non-hydrogen) atoms. The van der Waals surface area contributed by atoms with Crippen LogP contribution in [0.15, 0.2) is 42.5 Å². The Bertz CT molecular complexity index is 645. The lowest BCUT2D eigenvalue weighted by molar-refractivity contribution is 0.189. The Morgan fingerprint density at radius 1 is 1.04 bits per heavy atom. The lowest BCUT2D eigenvalue weighted by atomic mass is 10.1. The van der Waals surface area contributed by atoms with Gasteiger partial charge >= 0.3 is 6.09 Å². The minimum atomic E-state index is -0.480. The molecule has 1 atom stereocenters. The summed E-state index contributed by atoms with van der Waals surface area (Å²) in [5.74, 6) is 1.39. The molecule has 0 bridgehead atoms. The molecule has 2 rings (SSSR count). The molecule has 0 radical (unpaired) electrons. The lowest BCUT2D eigenvalue weighted by Crippen LogP contribution is -2.38. The van der Waals surface area contributed by atoms with Crippen LogP contribution in [0.5, 0.6) is 11.5 Å². The van der Waals surface area contributed by atoms with E-state index in [-0.39, 0.29) is 6.04 Å². The largest absolute Gasteiger partial charge is 0.491 e. The minimum Gasteiger partial charge on any atom is -0.491 e. The zero-order valence-electron chi connectivity index (χ0n) is 14.1. The molecule has 4 heteroatoms. The van der Waals surface area contributed by atoms with Crippen LogP contribution in [0.25, 0.3) is 0 Å². The Balaban J connectivity index is 1.83. The van der Waals surface area contributed by atoms with Gasteiger partial charge in [0.15, 0.2) is 0 Å². The van der Waals surface area contributed by atoms with Gasteiger partial charge in [0.25, 0.3) is 0 Å². The van der Waals surface area contributed by atoms with Crippen LogP contribution in [0, 0.1) is 20.8 Å². The van der Waals surface area contributed by atoms with Crippen molar-refractivity contribution in [3.05, 3.63) is 59.2 Å². The van der Waals surface area contributed by atoms with Crippen LogP contribution >= 0.6 is 0 Å². The van der Waals surface area contributed by atoms with E-state index in [2.05, 4.69) is 5.32 Å². The van der Waals surface area contributed by atoms with Crippen molar-refractivity contribution in [1.82, 2.24) is 5.32 Å². The van der Waals surface area contributed by atoms with E-state index in [9.17, 15) is 4.79 Å². The maximum absolute atomic E-state index is 11.9. The number of rotatable bonds is 5. The lowest BCUT2D eigenvalue weighted by Gasteiger charge is -2.17. The second-order valence-electron chi connectivity index (χ2n) is 5.78. The number of ether oxygens (including phenoxy) is 2. The first-order valence-corrected chi connectivity index (χ1v) is 7.69. The van der Waals surface area contributed by atoms with Crippen molar-refractivity contribution in [2.75, 3.05) is 6.61 Å². The summed E-state index contributed by atoms with van der Waals surface area (Å²) in [4.78, 5) is 11.9. The van der Waals surface area contributed by atoms with E-state index in [4.69, 9.17) is 9.47 Å². The summed E-state index contributed by atoms with van der Waals surface area (Å²) >= 11 is 0. The molecule has 122 valence electrons. The van der Waals surface area contributed by atoms with Crippen LogP contribution < -0.4 is 14.8 Å². The third-order valence-electron chi connectivity index (χ3n) is 3.48. The maximum atomic E-state index is 11.9. The topological polar surface area (TPSA) is 47.6 Å². The second kappa shape index (κ2) is 7.68. The van der Waals surface area contributed by atoms with Crippen molar-refractivity contribution < 1.29 is 14.3 Å². The summed E-state index contributed by atoms with van der Waals surface area (Å²) in [6.07, 6.45) is -0.480. The smallest absolute Gasteiger partial charge is 0.412 e. The Kier molecular flexibility index (Phi) is 5.63. The molecule has 2 aromatic rings. The Labute approximate surface area is 137 Å². The normalized spacial score (nSPS) is 11.7. The molecule has 0 fully saturated rings. The predicted molar refractivity (Wildman–Crippen MR) is 91.2 cm³/mol. The molecule has 2 aromatic carbocycles. The second-order valence-corrected chi connectivity index (χ2v) is 5.78. The van der Waals surface area contributed by atoms with Crippen molar-refractivity contribution in [2.45, 2.75) is 33.7 Å². The number of carbonyl (C=O) groups excluding carboxylic acids is 1. The van der Waals surface area contributed by atoms with Crippen LogP contribution in [0.3, 0.4) is 0 Å². The maximum Gasteiger partial charge on any atom is 0.412 e. The van der Waals surface area contributed by atoms with Gasteiger partial charge in [-0.1, -0.05) is 35.9 Å². The SMILES string of the molecule is Cc1ccc(OC(=O)NC(C)COc2c(C)cccc2C)cc1. The molecule has 0 spiro atoms. The van der Waals surface area contributed by atoms with Gasteiger partial charge in [-0.2, -0.15) is 0 Å². The van der Waals surface area contributed by atoms with Crippen LogP contribution in [0.4, 0.5) is 4.79 Å². The summed E-state index contributed by atoms with van der Waals surface area (Å²) in [5.41, 5.74) is 3.28. The van der Waals surface area contributed by atoms with Crippen molar-refractivity contribution in [3.8, 4) is 11.5 Å². The number of carbonyl (C=O) groups is 1. The van der Waals surface area contributed by atoms with E-state index >= 15 is 0 Å². The summed E-state index contributed by atoms with van der Waals surface area (Å²) in [5, 5.41) is 2.77. The molecule has 0 saturated heterocycles. The third-order valence-corrected chi connectivity index (χ3v) is 3.48. The zero-order valence-corrected chi connectivity index (χ0v) is 14.1. The Morgan fingerprint density at radius 2 is 1.65 bits per heavy atom. The molecular formula is C19H23NO3. The number of nitrogens with one attached hydrogen (secondary N) is 1. The highest BCUT2D eigenvalue weighted by atomic mass is 16.6. The van der Waals surface area contributed by atoms with Crippen LogP contribution in [0.2, 0.25) is 0 Å². The van der Waals surface area contributed by atoms with Gasteiger partial charge in [-0.15, -0.1) is 0 Å². The van der Waals surface area contributed by atoms with E-state index in [1.807, 2.05) is 58.0 Å². The number of hydrogen-bond acceptors (Lipinski definition) is 3. The molecular weight excluding hydrogens is 290 g/mol. The van der Waals surface area contributed by atoms with Crippen molar-refractivity contribution in [2.24, 2.45) is 0 Å². The number of hydrogen-bond donors (Lipinski definition) is 1. The van der Waals surface area contributed by atoms with Crippen molar-refractivity contribution in [3.63, 3.8) is 0 Å². The molecule has 1 amide bonds. The summed E-state index contributed by atoms with van der Waals surface area (Å²) in [6, 6.07) is 13.2. The van der Waals surface area contributed by atoms with Gasteiger partial charge in [0.05, 0.1) is 6.04 Å². The average Bonchev–Trinajstić information content (AvgIpc) is 2.49. The molecule has 1 N–H and O–H groups in total. The van der Waals surface area contributed by atoms with E-state index in [1.165, 1.54) is 0 Å². The predicted octanol–water partition coefficient (Wildman–Crippen LogP) is 4.17. The number of amides is 1. The highest BCUT2D eigenvalue weighted by Crippen LogP contribution is 2.22.